The van der Waals surface area contributed by atoms with Crippen molar-refractivity contribution in [1.29, 1.82) is 0 Å². The topological polar surface area (TPSA) is 89.6 Å². The second kappa shape index (κ2) is 7.96. The number of hydrogen-bond donors (Lipinski definition) is 2. The van der Waals surface area contributed by atoms with Crippen molar-refractivity contribution in [2.24, 2.45) is 0 Å². The molecule has 1 heterocycles. The van der Waals surface area contributed by atoms with Crippen LogP contribution in [0.4, 0.5) is 5.13 Å². The van der Waals surface area contributed by atoms with E-state index in [1.807, 2.05) is 13.8 Å². The smallest absolute Gasteiger partial charge is 0.257 e. The number of fused-ring (bicyclic) bond motifs is 1. The van der Waals surface area contributed by atoms with Crippen molar-refractivity contribution < 1.29 is 19.1 Å². The molecule has 1 aromatic carbocycles. The number of aryl methyl sites for hydroxylation is 1. The number of methoxy groups -OCH3 is 2. The largest absolute Gasteiger partial charge is 0.497 e. The van der Waals surface area contributed by atoms with Gasteiger partial charge in [0.15, 0.2) is 5.13 Å². The van der Waals surface area contributed by atoms with Crippen LogP contribution in [0.5, 0.6) is 11.5 Å². The van der Waals surface area contributed by atoms with Crippen molar-refractivity contribution in [1.82, 2.24) is 10.3 Å². The van der Waals surface area contributed by atoms with Crippen LogP contribution in [0.25, 0.3) is 0 Å². The van der Waals surface area contributed by atoms with Crippen LogP contribution in [0.3, 0.4) is 0 Å². The minimum atomic E-state index is -0.303. The first-order chi connectivity index (χ1) is 12.9. The van der Waals surface area contributed by atoms with Gasteiger partial charge in [0, 0.05) is 22.5 Å². The van der Waals surface area contributed by atoms with Gasteiger partial charge in [0.1, 0.15) is 11.5 Å². The number of aromatic nitrogens is 1. The Balaban J connectivity index is 1.76. The number of anilines is 1. The zero-order chi connectivity index (χ0) is 19.6. The number of nitrogens with zero attached hydrogens (tertiary/aromatic N) is 1. The Bertz CT molecular complexity index is 840. The van der Waals surface area contributed by atoms with E-state index in [9.17, 15) is 9.59 Å². The van der Waals surface area contributed by atoms with Crippen molar-refractivity contribution in [3.8, 4) is 11.5 Å². The average molecular weight is 389 g/mol. The molecule has 2 amide bonds. The lowest BCUT2D eigenvalue weighted by atomic mass is 10.1. The molecular weight excluding hydrogens is 366 g/mol. The highest BCUT2D eigenvalue weighted by molar-refractivity contribution is 7.16. The molecule has 7 nitrogen and oxygen atoms in total. The molecule has 1 unspecified atom stereocenters. The predicted octanol–water partition coefficient (Wildman–Crippen LogP) is 2.97. The van der Waals surface area contributed by atoms with Gasteiger partial charge in [0.2, 0.25) is 5.91 Å². The molecule has 8 heteroatoms. The lowest BCUT2D eigenvalue weighted by molar-refractivity contribution is -0.123. The standard InChI is InChI=1S/C19H23N3O4S/c1-10(2)20-18(24)14-5-6-15-16(14)21-19(27-15)22-17(23)11-7-12(25-3)9-13(8-11)26-4/h7-10,14H,5-6H2,1-4H3,(H,20,24)(H,21,22,23). The molecule has 0 radical (unpaired) electrons. The molecule has 1 aliphatic rings. The first-order valence-electron chi connectivity index (χ1n) is 8.75. The number of thiazole rings is 1. The molecule has 27 heavy (non-hydrogen) atoms. The maximum atomic E-state index is 12.6. The quantitative estimate of drug-likeness (QED) is 0.793. The summed E-state index contributed by atoms with van der Waals surface area (Å²) in [4.78, 5) is 30.5. The summed E-state index contributed by atoms with van der Waals surface area (Å²) in [7, 11) is 3.06. The maximum absolute atomic E-state index is 12.6. The number of hydrogen-bond acceptors (Lipinski definition) is 6. The Kier molecular flexibility index (Phi) is 5.65. The predicted molar refractivity (Wildman–Crippen MR) is 104 cm³/mol. The highest BCUT2D eigenvalue weighted by Gasteiger charge is 2.33. The molecule has 2 N–H and O–H groups in total. The third-order valence-electron chi connectivity index (χ3n) is 4.30. The van der Waals surface area contributed by atoms with Crippen molar-refractivity contribution >= 4 is 28.3 Å². The molecule has 0 saturated carbocycles. The van der Waals surface area contributed by atoms with Crippen LogP contribution in [0.2, 0.25) is 0 Å². The van der Waals surface area contributed by atoms with Crippen molar-refractivity contribution in [2.45, 2.75) is 38.6 Å². The molecule has 0 spiro atoms. The van der Waals surface area contributed by atoms with E-state index in [1.54, 1.807) is 18.2 Å². The van der Waals surface area contributed by atoms with E-state index < -0.39 is 0 Å². The van der Waals surface area contributed by atoms with Gasteiger partial charge in [0.25, 0.3) is 5.91 Å². The second-order valence-corrected chi connectivity index (χ2v) is 7.72. The van der Waals surface area contributed by atoms with Crippen molar-refractivity contribution in [3.63, 3.8) is 0 Å². The van der Waals surface area contributed by atoms with Crippen LogP contribution in [0, 0.1) is 0 Å². The molecule has 3 rings (SSSR count). The highest BCUT2D eigenvalue weighted by atomic mass is 32.1. The minimum Gasteiger partial charge on any atom is -0.497 e. The monoisotopic (exact) mass is 389 g/mol. The van der Waals surface area contributed by atoms with E-state index >= 15 is 0 Å². The number of carbonyl (C=O) groups excluding carboxylic acids is 2. The summed E-state index contributed by atoms with van der Waals surface area (Å²) in [5, 5.41) is 6.25. The molecule has 1 aromatic heterocycles. The Morgan fingerprint density at radius 1 is 1.19 bits per heavy atom. The molecule has 2 aromatic rings. The van der Waals surface area contributed by atoms with Gasteiger partial charge in [-0.05, 0) is 38.8 Å². The Labute approximate surface area is 162 Å². The SMILES string of the molecule is COc1cc(OC)cc(C(=O)Nc2nc3c(s2)CCC3C(=O)NC(C)C)c1. The number of benzene rings is 1. The van der Waals surface area contributed by atoms with E-state index in [4.69, 9.17) is 9.47 Å². The number of carbonyl (C=O) groups is 2. The Hall–Kier alpha value is -2.61. The van der Waals surface area contributed by atoms with E-state index in [1.165, 1.54) is 25.6 Å². The first kappa shape index (κ1) is 19.2. The molecule has 144 valence electrons. The van der Waals surface area contributed by atoms with Crippen LogP contribution >= 0.6 is 11.3 Å². The van der Waals surface area contributed by atoms with Crippen LogP contribution in [0.15, 0.2) is 18.2 Å². The number of amides is 2. The van der Waals surface area contributed by atoms with Gasteiger partial charge >= 0.3 is 0 Å². The molecule has 0 fully saturated rings. The highest BCUT2D eigenvalue weighted by Crippen LogP contribution is 2.38. The average Bonchev–Trinajstić information content (AvgIpc) is 3.20. The van der Waals surface area contributed by atoms with E-state index in [0.29, 0.717) is 22.2 Å². The summed E-state index contributed by atoms with van der Waals surface area (Å²) >= 11 is 1.42. The van der Waals surface area contributed by atoms with Crippen molar-refractivity contribution in [2.75, 3.05) is 19.5 Å². The third kappa shape index (κ3) is 4.21. The lowest BCUT2D eigenvalue weighted by Crippen LogP contribution is -2.34. The zero-order valence-electron chi connectivity index (χ0n) is 15.8. The van der Waals surface area contributed by atoms with E-state index in [2.05, 4.69) is 15.6 Å². The van der Waals surface area contributed by atoms with E-state index in [0.717, 1.165) is 23.4 Å². The van der Waals surface area contributed by atoms with Gasteiger partial charge in [-0.2, -0.15) is 0 Å². The minimum absolute atomic E-state index is 0.00976. The summed E-state index contributed by atoms with van der Waals surface area (Å²) in [6, 6.07) is 5.06. The summed E-state index contributed by atoms with van der Waals surface area (Å²) < 4.78 is 10.4. The van der Waals surface area contributed by atoms with Gasteiger partial charge in [-0.3, -0.25) is 14.9 Å². The summed E-state index contributed by atoms with van der Waals surface area (Å²) in [6.07, 6.45) is 1.56. The third-order valence-corrected chi connectivity index (χ3v) is 5.35. The normalized spacial score (nSPS) is 15.4. The first-order valence-corrected chi connectivity index (χ1v) is 9.57. The fraction of sp³-hybridized carbons (Fsp3) is 0.421. The fourth-order valence-electron chi connectivity index (χ4n) is 3.03. The molecule has 1 aliphatic carbocycles. The lowest BCUT2D eigenvalue weighted by Gasteiger charge is -2.13. The van der Waals surface area contributed by atoms with Gasteiger partial charge in [-0.15, -0.1) is 11.3 Å². The maximum Gasteiger partial charge on any atom is 0.257 e. The number of nitrogens with one attached hydrogen (secondary N) is 2. The summed E-state index contributed by atoms with van der Waals surface area (Å²) in [5.41, 5.74) is 1.19. The fourth-order valence-corrected chi connectivity index (χ4v) is 4.06. The van der Waals surface area contributed by atoms with Gasteiger partial charge < -0.3 is 14.8 Å². The molecule has 0 bridgehead atoms. The second-order valence-electron chi connectivity index (χ2n) is 6.64. The van der Waals surface area contributed by atoms with Crippen LogP contribution in [-0.4, -0.2) is 37.1 Å². The van der Waals surface area contributed by atoms with Crippen LogP contribution in [-0.2, 0) is 11.2 Å². The van der Waals surface area contributed by atoms with Gasteiger partial charge in [-0.25, -0.2) is 4.98 Å². The van der Waals surface area contributed by atoms with Gasteiger partial charge in [0.05, 0.1) is 25.8 Å². The molecule has 0 aliphatic heterocycles. The molecule has 0 saturated heterocycles. The number of ether oxygens (including phenoxy) is 2. The Morgan fingerprint density at radius 3 is 2.44 bits per heavy atom. The molecule has 1 atom stereocenters. The summed E-state index contributed by atoms with van der Waals surface area (Å²) in [5.74, 6) is 0.506. The van der Waals surface area contributed by atoms with Crippen molar-refractivity contribution in [3.05, 3.63) is 34.3 Å². The van der Waals surface area contributed by atoms with Gasteiger partial charge in [-0.1, -0.05) is 0 Å². The Morgan fingerprint density at radius 2 is 1.85 bits per heavy atom. The number of rotatable bonds is 6. The van der Waals surface area contributed by atoms with Crippen LogP contribution < -0.4 is 20.1 Å². The summed E-state index contributed by atoms with van der Waals surface area (Å²) in [6.45, 7) is 3.87. The van der Waals surface area contributed by atoms with E-state index in [-0.39, 0.29) is 23.8 Å². The zero-order valence-corrected chi connectivity index (χ0v) is 16.6. The van der Waals surface area contributed by atoms with Crippen LogP contribution in [0.1, 0.15) is 47.1 Å². The molecular formula is C19H23N3O4S.